The summed E-state index contributed by atoms with van der Waals surface area (Å²) in [6.07, 6.45) is -2.74. The van der Waals surface area contributed by atoms with Crippen molar-refractivity contribution in [1.29, 1.82) is 5.26 Å². The molecule has 0 radical (unpaired) electrons. The van der Waals surface area contributed by atoms with Crippen LogP contribution in [-0.4, -0.2) is 55.3 Å². The van der Waals surface area contributed by atoms with Gasteiger partial charge in [-0.1, -0.05) is 0 Å². The van der Waals surface area contributed by atoms with Crippen molar-refractivity contribution >= 4 is 5.82 Å². The standard InChI is InChI=1S/C16H19F3N4O/c17-16(18,19)14-4-3-12(10-20)15(21-14)23-5-1-2-13(23)11-22-6-8-24-9-7-22/h3-4,13H,1-2,5-9,11H2. The van der Waals surface area contributed by atoms with Gasteiger partial charge in [0.25, 0.3) is 0 Å². The summed E-state index contributed by atoms with van der Waals surface area (Å²) in [5.74, 6) is 0.156. The fraction of sp³-hybridized carbons (Fsp3) is 0.625. The average molecular weight is 340 g/mol. The second-order valence-corrected chi connectivity index (χ2v) is 6.08. The number of anilines is 1. The molecule has 0 saturated carbocycles. The molecule has 130 valence electrons. The van der Waals surface area contributed by atoms with Crippen LogP contribution in [0.1, 0.15) is 24.1 Å². The molecule has 0 N–H and O–H groups in total. The molecule has 0 spiro atoms. The number of aromatic nitrogens is 1. The van der Waals surface area contributed by atoms with Crippen molar-refractivity contribution in [3.05, 3.63) is 23.4 Å². The molecule has 1 unspecified atom stereocenters. The molecule has 2 saturated heterocycles. The molecular formula is C16H19F3N4O. The van der Waals surface area contributed by atoms with Crippen LogP contribution < -0.4 is 4.90 Å². The van der Waals surface area contributed by atoms with Gasteiger partial charge in [0.2, 0.25) is 0 Å². The lowest BCUT2D eigenvalue weighted by Gasteiger charge is -2.33. The average Bonchev–Trinajstić information content (AvgIpc) is 3.02. The van der Waals surface area contributed by atoms with Crippen LogP contribution in [0.4, 0.5) is 19.0 Å². The maximum atomic E-state index is 13.0. The van der Waals surface area contributed by atoms with Crippen LogP contribution in [0, 0.1) is 11.3 Å². The summed E-state index contributed by atoms with van der Waals surface area (Å²) in [4.78, 5) is 7.90. The molecule has 0 aliphatic carbocycles. The van der Waals surface area contributed by atoms with Gasteiger partial charge in [-0.15, -0.1) is 0 Å². The van der Waals surface area contributed by atoms with Crippen molar-refractivity contribution in [3.63, 3.8) is 0 Å². The van der Waals surface area contributed by atoms with E-state index in [1.54, 1.807) is 0 Å². The van der Waals surface area contributed by atoms with E-state index in [-0.39, 0.29) is 17.4 Å². The predicted molar refractivity (Wildman–Crippen MR) is 81.6 cm³/mol. The van der Waals surface area contributed by atoms with Crippen LogP contribution in [0.25, 0.3) is 0 Å². The molecule has 2 aliphatic rings. The summed E-state index contributed by atoms with van der Waals surface area (Å²) < 4.78 is 44.3. The van der Waals surface area contributed by atoms with E-state index in [4.69, 9.17) is 4.74 Å². The maximum Gasteiger partial charge on any atom is 0.433 e. The fourth-order valence-corrected chi connectivity index (χ4v) is 3.30. The Kier molecular flexibility index (Phi) is 4.92. The highest BCUT2D eigenvalue weighted by Crippen LogP contribution is 2.33. The molecule has 0 amide bonds. The molecule has 0 bridgehead atoms. The van der Waals surface area contributed by atoms with Gasteiger partial charge in [0, 0.05) is 32.2 Å². The third kappa shape index (κ3) is 3.62. The van der Waals surface area contributed by atoms with Gasteiger partial charge in [0.15, 0.2) is 0 Å². The molecule has 1 atom stereocenters. The molecule has 1 aromatic rings. The summed E-state index contributed by atoms with van der Waals surface area (Å²) >= 11 is 0. The number of hydrogen-bond acceptors (Lipinski definition) is 5. The minimum Gasteiger partial charge on any atom is -0.379 e. The second-order valence-electron chi connectivity index (χ2n) is 6.08. The number of nitrogens with zero attached hydrogens (tertiary/aromatic N) is 4. The van der Waals surface area contributed by atoms with Gasteiger partial charge in [-0.3, -0.25) is 4.90 Å². The number of rotatable bonds is 3. The molecule has 5 nitrogen and oxygen atoms in total. The lowest BCUT2D eigenvalue weighted by molar-refractivity contribution is -0.141. The summed E-state index contributed by atoms with van der Waals surface area (Å²) in [6.45, 7) is 4.39. The van der Waals surface area contributed by atoms with Crippen molar-refractivity contribution in [1.82, 2.24) is 9.88 Å². The topological polar surface area (TPSA) is 52.4 Å². The minimum atomic E-state index is -4.51. The Morgan fingerprint density at radius 3 is 2.67 bits per heavy atom. The van der Waals surface area contributed by atoms with Crippen LogP contribution in [0.3, 0.4) is 0 Å². The van der Waals surface area contributed by atoms with E-state index < -0.39 is 11.9 Å². The monoisotopic (exact) mass is 340 g/mol. The third-order valence-corrected chi connectivity index (χ3v) is 4.51. The summed E-state index contributed by atoms with van der Waals surface area (Å²) in [6, 6.07) is 4.13. The molecule has 0 aromatic carbocycles. The number of alkyl halides is 3. The highest BCUT2D eigenvalue weighted by molar-refractivity contribution is 5.56. The zero-order valence-electron chi connectivity index (χ0n) is 13.2. The van der Waals surface area contributed by atoms with Crippen LogP contribution in [0.15, 0.2) is 12.1 Å². The highest BCUT2D eigenvalue weighted by Gasteiger charge is 2.35. The van der Waals surface area contributed by atoms with Crippen LogP contribution in [-0.2, 0) is 10.9 Å². The first-order chi connectivity index (χ1) is 11.5. The van der Waals surface area contributed by atoms with Crippen molar-refractivity contribution in [3.8, 4) is 6.07 Å². The Hall–Kier alpha value is -1.85. The molecule has 2 fully saturated rings. The SMILES string of the molecule is N#Cc1ccc(C(F)(F)F)nc1N1CCCC1CN1CCOCC1. The van der Waals surface area contributed by atoms with Gasteiger partial charge >= 0.3 is 6.18 Å². The zero-order chi connectivity index (χ0) is 17.2. The molecule has 3 heterocycles. The van der Waals surface area contributed by atoms with Crippen molar-refractivity contribution < 1.29 is 17.9 Å². The number of hydrogen-bond donors (Lipinski definition) is 0. The Morgan fingerprint density at radius 1 is 1.25 bits per heavy atom. The third-order valence-electron chi connectivity index (χ3n) is 4.51. The maximum absolute atomic E-state index is 13.0. The first-order valence-electron chi connectivity index (χ1n) is 8.04. The Morgan fingerprint density at radius 2 is 2.00 bits per heavy atom. The number of halogens is 3. The second kappa shape index (κ2) is 6.95. The minimum absolute atomic E-state index is 0.0752. The number of pyridine rings is 1. The summed E-state index contributed by atoms with van der Waals surface area (Å²) in [5.41, 5.74) is -0.759. The highest BCUT2D eigenvalue weighted by atomic mass is 19.4. The number of morpholine rings is 1. The Balaban J connectivity index is 1.84. The molecule has 1 aromatic heterocycles. The van der Waals surface area contributed by atoms with Crippen LogP contribution in [0.5, 0.6) is 0 Å². The largest absolute Gasteiger partial charge is 0.433 e. The van der Waals surface area contributed by atoms with Gasteiger partial charge in [-0.05, 0) is 25.0 Å². The van der Waals surface area contributed by atoms with E-state index in [1.165, 1.54) is 6.07 Å². The van der Waals surface area contributed by atoms with E-state index in [2.05, 4.69) is 9.88 Å². The van der Waals surface area contributed by atoms with Crippen molar-refractivity contribution in [2.75, 3.05) is 44.3 Å². The van der Waals surface area contributed by atoms with Crippen molar-refractivity contribution in [2.45, 2.75) is 25.1 Å². The van der Waals surface area contributed by atoms with Gasteiger partial charge in [-0.25, -0.2) is 4.98 Å². The van der Waals surface area contributed by atoms with Crippen LogP contribution in [0.2, 0.25) is 0 Å². The molecule has 8 heteroatoms. The van der Waals surface area contributed by atoms with Crippen LogP contribution >= 0.6 is 0 Å². The summed E-state index contributed by atoms with van der Waals surface area (Å²) in [5, 5.41) is 9.26. The Labute approximate surface area is 138 Å². The van der Waals surface area contributed by atoms with E-state index in [0.717, 1.165) is 38.5 Å². The molecule has 2 aliphatic heterocycles. The van der Waals surface area contributed by atoms with E-state index in [1.807, 2.05) is 11.0 Å². The van der Waals surface area contributed by atoms with E-state index in [9.17, 15) is 18.4 Å². The van der Waals surface area contributed by atoms with Gasteiger partial charge in [0.05, 0.1) is 18.8 Å². The van der Waals surface area contributed by atoms with E-state index in [0.29, 0.717) is 19.8 Å². The first-order valence-corrected chi connectivity index (χ1v) is 8.04. The van der Waals surface area contributed by atoms with Gasteiger partial charge in [0.1, 0.15) is 17.6 Å². The normalized spacial score (nSPS) is 22.6. The van der Waals surface area contributed by atoms with E-state index >= 15 is 0 Å². The molecular weight excluding hydrogens is 321 g/mol. The Bertz CT molecular complexity index is 623. The molecule has 24 heavy (non-hydrogen) atoms. The smallest absolute Gasteiger partial charge is 0.379 e. The summed E-state index contributed by atoms with van der Waals surface area (Å²) in [7, 11) is 0. The first kappa shape index (κ1) is 17.0. The number of ether oxygens (including phenoxy) is 1. The quantitative estimate of drug-likeness (QED) is 0.845. The van der Waals surface area contributed by atoms with Crippen molar-refractivity contribution in [2.24, 2.45) is 0 Å². The van der Waals surface area contributed by atoms with Gasteiger partial charge in [-0.2, -0.15) is 18.4 Å². The lowest BCUT2D eigenvalue weighted by atomic mass is 10.1. The molecule has 3 rings (SSSR count). The van der Waals surface area contributed by atoms with Gasteiger partial charge < -0.3 is 9.64 Å². The fourth-order valence-electron chi connectivity index (χ4n) is 3.30. The lowest BCUT2D eigenvalue weighted by Crippen LogP contribution is -2.45. The number of nitriles is 1. The zero-order valence-corrected chi connectivity index (χ0v) is 13.2. The predicted octanol–water partition coefficient (Wildman–Crippen LogP) is 2.27.